The lowest BCUT2D eigenvalue weighted by Crippen LogP contribution is -2.17. The van der Waals surface area contributed by atoms with Crippen LogP contribution >= 0.6 is 0 Å². The Morgan fingerprint density at radius 1 is 1.44 bits per heavy atom. The van der Waals surface area contributed by atoms with Crippen LogP contribution in [0.1, 0.15) is 29.6 Å². The Morgan fingerprint density at radius 3 is 3.00 bits per heavy atom. The van der Waals surface area contributed by atoms with E-state index in [2.05, 4.69) is 0 Å². The molecule has 0 fully saturated rings. The Kier molecular flexibility index (Phi) is 3.34. The summed E-state index contributed by atoms with van der Waals surface area (Å²) in [6, 6.07) is 4.36. The van der Waals surface area contributed by atoms with Gasteiger partial charge in [-0.05, 0) is 37.5 Å². The number of halogens is 1. The Bertz CT molecular complexity index is 412. The SMILES string of the molecule is O=Cc1cccc(F)c1OC1C=CCCC1. The lowest BCUT2D eigenvalue weighted by Gasteiger charge is -2.19. The largest absolute Gasteiger partial charge is 0.483 e. The van der Waals surface area contributed by atoms with Crippen LogP contribution < -0.4 is 4.74 Å². The van der Waals surface area contributed by atoms with E-state index in [1.165, 1.54) is 12.1 Å². The Hall–Kier alpha value is -1.64. The Labute approximate surface area is 93.7 Å². The maximum absolute atomic E-state index is 13.5. The predicted octanol–water partition coefficient (Wildman–Crippen LogP) is 3.13. The summed E-state index contributed by atoms with van der Waals surface area (Å²) in [6.45, 7) is 0. The highest BCUT2D eigenvalue weighted by molar-refractivity contribution is 5.79. The number of carbonyl (C=O) groups excluding carboxylic acids is 1. The number of rotatable bonds is 3. The van der Waals surface area contributed by atoms with Crippen molar-refractivity contribution < 1.29 is 13.9 Å². The second kappa shape index (κ2) is 4.92. The number of hydrogen-bond acceptors (Lipinski definition) is 2. The third-order valence-electron chi connectivity index (χ3n) is 2.60. The lowest BCUT2D eigenvalue weighted by atomic mass is 10.1. The van der Waals surface area contributed by atoms with Crippen LogP contribution in [-0.2, 0) is 0 Å². The molecular formula is C13H13FO2. The first-order valence-corrected chi connectivity index (χ1v) is 5.38. The molecule has 2 nitrogen and oxygen atoms in total. The van der Waals surface area contributed by atoms with Crippen LogP contribution in [0.2, 0.25) is 0 Å². The summed E-state index contributed by atoms with van der Waals surface area (Å²) in [6.07, 6.45) is 7.38. The molecule has 1 aromatic carbocycles. The molecule has 0 saturated heterocycles. The molecule has 0 N–H and O–H groups in total. The number of benzene rings is 1. The molecule has 0 aliphatic heterocycles. The van der Waals surface area contributed by atoms with E-state index in [0.717, 1.165) is 19.3 Å². The van der Waals surface area contributed by atoms with E-state index >= 15 is 0 Å². The van der Waals surface area contributed by atoms with Crippen LogP contribution in [0.3, 0.4) is 0 Å². The molecule has 3 heteroatoms. The number of allylic oxidation sites excluding steroid dienone is 1. The highest BCUT2D eigenvalue weighted by atomic mass is 19.1. The van der Waals surface area contributed by atoms with Crippen molar-refractivity contribution in [2.45, 2.75) is 25.4 Å². The molecule has 0 saturated carbocycles. The van der Waals surface area contributed by atoms with Crippen LogP contribution in [0.4, 0.5) is 4.39 Å². The van der Waals surface area contributed by atoms with Crippen LogP contribution in [0.15, 0.2) is 30.4 Å². The quantitative estimate of drug-likeness (QED) is 0.578. The smallest absolute Gasteiger partial charge is 0.166 e. The van der Waals surface area contributed by atoms with Crippen molar-refractivity contribution in [1.82, 2.24) is 0 Å². The maximum Gasteiger partial charge on any atom is 0.166 e. The summed E-state index contributed by atoms with van der Waals surface area (Å²) in [5.74, 6) is -0.419. The third kappa shape index (κ3) is 2.30. The van der Waals surface area contributed by atoms with Crippen molar-refractivity contribution in [3.63, 3.8) is 0 Å². The zero-order chi connectivity index (χ0) is 11.4. The first-order chi connectivity index (χ1) is 7.81. The first-order valence-electron chi connectivity index (χ1n) is 5.38. The summed E-state index contributed by atoms with van der Waals surface area (Å²) in [5.41, 5.74) is 0.263. The molecule has 2 rings (SSSR count). The molecule has 0 spiro atoms. The molecule has 1 aliphatic carbocycles. The second-order valence-corrected chi connectivity index (χ2v) is 3.79. The zero-order valence-electron chi connectivity index (χ0n) is 8.86. The van der Waals surface area contributed by atoms with Crippen molar-refractivity contribution in [2.75, 3.05) is 0 Å². The molecule has 0 heterocycles. The molecule has 1 aliphatic rings. The third-order valence-corrected chi connectivity index (χ3v) is 2.60. The molecule has 16 heavy (non-hydrogen) atoms. The molecule has 0 bridgehead atoms. The first kappa shape index (κ1) is 10.9. The van der Waals surface area contributed by atoms with Gasteiger partial charge < -0.3 is 4.74 Å². The highest BCUT2D eigenvalue weighted by Crippen LogP contribution is 2.25. The van der Waals surface area contributed by atoms with E-state index in [-0.39, 0.29) is 17.4 Å². The van der Waals surface area contributed by atoms with Gasteiger partial charge in [-0.2, -0.15) is 0 Å². The fourth-order valence-corrected chi connectivity index (χ4v) is 1.77. The number of hydrogen-bond donors (Lipinski definition) is 0. The van der Waals surface area contributed by atoms with E-state index in [4.69, 9.17) is 4.74 Å². The van der Waals surface area contributed by atoms with Gasteiger partial charge in [-0.1, -0.05) is 12.1 Å². The van der Waals surface area contributed by atoms with Crippen LogP contribution in [-0.4, -0.2) is 12.4 Å². The van der Waals surface area contributed by atoms with Crippen molar-refractivity contribution in [1.29, 1.82) is 0 Å². The van der Waals surface area contributed by atoms with Gasteiger partial charge in [0, 0.05) is 0 Å². The van der Waals surface area contributed by atoms with Gasteiger partial charge in [-0.3, -0.25) is 4.79 Å². The lowest BCUT2D eigenvalue weighted by molar-refractivity contribution is 0.111. The Balaban J connectivity index is 2.22. The minimum Gasteiger partial charge on any atom is -0.483 e. The molecular weight excluding hydrogens is 207 g/mol. The van der Waals surface area contributed by atoms with Gasteiger partial charge in [-0.15, -0.1) is 0 Å². The standard InChI is InChI=1S/C13H13FO2/c14-12-8-4-5-10(9-15)13(12)16-11-6-2-1-3-7-11/h2,4-6,8-9,11H,1,3,7H2. The summed E-state index contributed by atoms with van der Waals surface area (Å²) < 4.78 is 19.0. The molecule has 1 atom stereocenters. The second-order valence-electron chi connectivity index (χ2n) is 3.79. The van der Waals surface area contributed by atoms with Crippen molar-refractivity contribution >= 4 is 6.29 Å². The van der Waals surface area contributed by atoms with E-state index < -0.39 is 5.82 Å². The minimum atomic E-state index is -0.483. The van der Waals surface area contributed by atoms with Crippen molar-refractivity contribution in [3.8, 4) is 5.75 Å². The predicted molar refractivity (Wildman–Crippen MR) is 59.2 cm³/mol. The van der Waals surface area contributed by atoms with Gasteiger partial charge in [0.15, 0.2) is 17.9 Å². The molecule has 0 radical (unpaired) electrons. The minimum absolute atomic E-state index is 0.0639. The summed E-state index contributed by atoms with van der Waals surface area (Å²) in [5, 5.41) is 0. The monoisotopic (exact) mass is 220 g/mol. The summed E-state index contributed by atoms with van der Waals surface area (Å²) in [4.78, 5) is 10.8. The van der Waals surface area contributed by atoms with Gasteiger partial charge in [-0.25, -0.2) is 4.39 Å². The number of carbonyl (C=O) groups is 1. The fourth-order valence-electron chi connectivity index (χ4n) is 1.77. The van der Waals surface area contributed by atoms with Gasteiger partial charge in [0.1, 0.15) is 6.10 Å². The molecule has 0 aromatic heterocycles. The molecule has 1 aromatic rings. The normalized spacial score (nSPS) is 19.4. The van der Waals surface area contributed by atoms with Gasteiger partial charge >= 0.3 is 0 Å². The van der Waals surface area contributed by atoms with Crippen molar-refractivity contribution in [2.24, 2.45) is 0 Å². The Morgan fingerprint density at radius 2 is 2.31 bits per heavy atom. The number of aldehydes is 1. The van der Waals surface area contributed by atoms with Gasteiger partial charge in [0.25, 0.3) is 0 Å². The van der Waals surface area contributed by atoms with Gasteiger partial charge in [0.05, 0.1) is 5.56 Å². The van der Waals surface area contributed by atoms with Gasteiger partial charge in [0.2, 0.25) is 0 Å². The van der Waals surface area contributed by atoms with E-state index in [0.29, 0.717) is 6.29 Å². The molecule has 0 amide bonds. The maximum atomic E-state index is 13.5. The van der Waals surface area contributed by atoms with E-state index in [9.17, 15) is 9.18 Å². The van der Waals surface area contributed by atoms with Crippen molar-refractivity contribution in [3.05, 3.63) is 41.7 Å². The topological polar surface area (TPSA) is 26.3 Å². The molecule has 1 unspecified atom stereocenters. The number of ether oxygens (including phenoxy) is 1. The fraction of sp³-hybridized carbons (Fsp3) is 0.308. The zero-order valence-corrected chi connectivity index (χ0v) is 8.86. The van der Waals surface area contributed by atoms with Crippen LogP contribution in [0.25, 0.3) is 0 Å². The van der Waals surface area contributed by atoms with Crippen LogP contribution in [0.5, 0.6) is 5.75 Å². The average molecular weight is 220 g/mol. The number of para-hydroxylation sites is 1. The van der Waals surface area contributed by atoms with E-state index in [1.807, 2.05) is 12.2 Å². The van der Waals surface area contributed by atoms with E-state index in [1.54, 1.807) is 6.07 Å². The highest BCUT2D eigenvalue weighted by Gasteiger charge is 2.15. The summed E-state index contributed by atoms with van der Waals surface area (Å²) >= 11 is 0. The van der Waals surface area contributed by atoms with Crippen LogP contribution in [0, 0.1) is 5.82 Å². The summed E-state index contributed by atoms with van der Waals surface area (Å²) in [7, 11) is 0. The average Bonchev–Trinajstić information content (AvgIpc) is 2.33. The molecule has 84 valence electrons.